The molecule has 2 aromatic rings. The molecule has 1 aromatic carbocycles. The van der Waals surface area contributed by atoms with Gasteiger partial charge < -0.3 is 10.1 Å². The van der Waals surface area contributed by atoms with E-state index in [9.17, 15) is 0 Å². The molecule has 1 aromatic heterocycles. The minimum absolute atomic E-state index is 0.291. The number of hydrogen-bond acceptors (Lipinski definition) is 3. The first-order chi connectivity index (χ1) is 9.60. The van der Waals surface area contributed by atoms with Crippen LogP contribution in [0.3, 0.4) is 0 Å². The van der Waals surface area contributed by atoms with Gasteiger partial charge in [0.1, 0.15) is 5.75 Å². The summed E-state index contributed by atoms with van der Waals surface area (Å²) < 4.78 is 5.77. The molecule has 4 heteroatoms. The van der Waals surface area contributed by atoms with Gasteiger partial charge in [-0.2, -0.15) is 0 Å². The van der Waals surface area contributed by atoms with E-state index in [1.165, 1.54) is 0 Å². The molecule has 0 saturated carbocycles. The molecule has 1 N–H and O–H groups in total. The van der Waals surface area contributed by atoms with Crippen LogP contribution in [0.4, 0.5) is 0 Å². The van der Waals surface area contributed by atoms with Crippen LogP contribution in [-0.4, -0.2) is 11.5 Å². The van der Waals surface area contributed by atoms with E-state index in [1.807, 2.05) is 43.5 Å². The van der Waals surface area contributed by atoms with Crippen molar-refractivity contribution in [2.75, 3.05) is 6.54 Å². The molecule has 0 aliphatic heterocycles. The highest BCUT2D eigenvalue weighted by atomic mass is 35.5. The van der Waals surface area contributed by atoms with Crippen LogP contribution >= 0.6 is 11.6 Å². The minimum Gasteiger partial charge on any atom is -0.439 e. The van der Waals surface area contributed by atoms with Gasteiger partial charge in [-0.05, 0) is 49.7 Å². The number of nitrogens with zero attached hydrogens (tertiary/aromatic N) is 1. The molecule has 0 aliphatic rings. The van der Waals surface area contributed by atoms with E-state index in [2.05, 4.69) is 24.1 Å². The van der Waals surface area contributed by atoms with Crippen molar-refractivity contribution in [3.8, 4) is 11.6 Å². The average Bonchev–Trinajstić information content (AvgIpc) is 2.43. The summed E-state index contributed by atoms with van der Waals surface area (Å²) >= 11 is 5.93. The highest BCUT2D eigenvalue weighted by molar-refractivity contribution is 6.30. The Labute approximate surface area is 124 Å². The molecule has 0 bridgehead atoms. The average molecular weight is 291 g/mol. The predicted molar refractivity (Wildman–Crippen MR) is 82.6 cm³/mol. The Balaban J connectivity index is 2.10. The quantitative estimate of drug-likeness (QED) is 0.880. The zero-order valence-corrected chi connectivity index (χ0v) is 12.7. The Morgan fingerprint density at radius 3 is 2.70 bits per heavy atom. The third kappa shape index (κ3) is 3.71. The lowest BCUT2D eigenvalue weighted by Gasteiger charge is -2.13. The lowest BCUT2D eigenvalue weighted by atomic mass is 10.1. The molecule has 0 fully saturated rings. The van der Waals surface area contributed by atoms with Gasteiger partial charge in [-0.25, -0.2) is 4.98 Å². The SMILES string of the molecule is CCNC(C)c1ccc(Oc2ccc(Cl)cc2C)nc1. The van der Waals surface area contributed by atoms with Crippen LogP contribution in [0.25, 0.3) is 0 Å². The van der Waals surface area contributed by atoms with Crippen molar-refractivity contribution in [1.82, 2.24) is 10.3 Å². The summed E-state index contributed by atoms with van der Waals surface area (Å²) in [5.74, 6) is 1.36. The number of ether oxygens (including phenoxy) is 1. The van der Waals surface area contributed by atoms with Crippen LogP contribution in [-0.2, 0) is 0 Å². The van der Waals surface area contributed by atoms with Gasteiger partial charge in [0.25, 0.3) is 0 Å². The maximum Gasteiger partial charge on any atom is 0.219 e. The van der Waals surface area contributed by atoms with Crippen molar-refractivity contribution in [1.29, 1.82) is 0 Å². The van der Waals surface area contributed by atoms with Crippen LogP contribution in [0.1, 0.15) is 31.0 Å². The van der Waals surface area contributed by atoms with E-state index in [0.29, 0.717) is 16.9 Å². The lowest BCUT2D eigenvalue weighted by molar-refractivity contribution is 0.458. The van der Waals surface area contributed by atoms with E-state index in [4.69, 9.17) is 16.3 Å². The molecule has 0 aliphatic carbocycles. The molecule has 3 nitrogen and oxygen atoms in total. The molecular formula is C16H19ClN2O. The van der Waals surface area contributed by atoms with E-state index in [0.717, 1.165) is 23.4 Å². The van der Waals surface area contributed by atoms with Gasteiger partial charge in [-0.15, -0.1) is 0 Å². The highest BCUT2D eigenvalue weighted by Gasteiger charge is 2.06. The van der Waals surface area contributed by atoms with Gasteiger partial charge in [0.05, 0.1) is 0 Å². The number of pyridine rings is 1. The molecule has 0 amide bonds. The number of halogens is 1. The Bertz CT molecular complexity index is 569. The Kier molecular flexibility index (Phi) is 4.99. The molecular weight excluding hydrogens is 272 g/mol. The molecule has 1 atom stereocenters. The highest BCUT2D eigenvalue weighted by Crippen LogP contribution is 2.26. The molecule has 0 spiro atoms. The zero-order valence-electron chi connectivity index (χ0n) is 12.0. The third-order valence-electron chi connectivity index (χ3n) is 3.12. The molecule has 1 heterocycles. The maximum absolute atomic E-state index is 5.93. The Morgan fingerprint density at radius 1 is 1.30 bits per heavy atom. The topological polar surface area (TPSA) is 34.1 Å². The third-order valence-corrected chi connectivity index (χ3v) is 3.36. The fourth-order valence-corrected chi connectivity index (χ4v) is 2.20. The van der Waals surface area contributed by atoms with Crippen LogP contribution in [0, 0.1) is 6.92 Å². The summed E-state index contributed by atoms with van der Waals surface area (Å²) in [7, 11) is 0. The summed E-state index contributed by atoms with van der Waals surface area (Å²) in [6.07, 6.45) is 1.84. The van der Waals surface area contributed by atoms with E-state index in [1.54, 1.807) is 0 Å². The van der Waals surface area contributed by atoms with Crippen LogP contribution in [0.5, 0.6) is 11.6 Å². The monoisotopic (exact) mass is 290 g/mol. The first-order valence-electron chi connectivity index (χ1n) is 6.73. The standard InChI is InChI=1S/C16H19ClN2O/c1-4-18-12(3)13-5-8-16(19-10-13)20-15-7-6-14(17)9-11(15)2/h5-10,12,18H,4H2,1-3H3. The summed E-state index contributed by atoms with van der Waals surface area (Å²) in [5.41, 5.74) is 2.14. The number of aryl methyl sites for hydroxylation is 1. The number of nitrogens with one attached hydrogen (secondary N) is 1. The van der Waals surface area contributed by atoms with Gasteiger partial charge in [0, 0.05) is 23.3 Å². The van der Waals surface area contributed by atoms with Gasteiger partial charge >= 0.3 is 0 Å². The first-order valence-corrected chi connectivity index (χ1v) is 7.11. The van der Waals surface area contributed by atoms with Crippen molar-refractivity contribution in [2.24, 2.45) is 0 Å². The Hall–Kier alpha value is -1.58. The normalized spacial score (nSPS) is 12.2. The Morgan fingerprint density at radius 2 is 2.10 bits per heavy atom. The number of hydrogen-bond donors (Lipinski definition) is 1. The van der Waals surface area contributed by atoms with Crippen molar-refractivity contribution >= 4 is 11.6 Å². The van der Waals surface area contributed by atoms with Crippen LogP contribution in [0.2, 0.25) is 5.02 Å². The smallest absolute Gasteiger partial charge is 0.219 e. The molecule has 20 heavy (non-hydrogen) atoms. The van der Waals surface area contributed by atoms with Gasteiger partial charge in [-0.1, -0.05) is 24.6 Å². The van der Waals surface area contributed by atoms with Gasteiger partial charge in [0.2, 0.25) is 5.88 Å². The maximum atomic E-state index is 5.93. The second-order valence-electron chi connectivity index (χ2n) is 4.72. The second-order valence-corrected chi connectivity index (χ2v) is 5.16. The largest absolute Gasteiger partial charge is 0.439 e. The molecule has 106 valence electrons. The zero-order chi connectivity index (χ0) is 14.5. The van der Waals surface area contributed by atoms with E-state index in [-0.39, 0.29) is 0 Å². The van der Waals surface area contributed by atoms with Crippen molar-refractivity contribution < 1.29 is 4.74 Å². The summed E-state index contributed by atoms with van der Waals surface area (Å²) in [6.45, 7) is 7.10. The van der Waals surface area contributed by atoms with E-state index < -0.39 is 0 Å². The number of aromatic nitrogens is 1. The van der Waals surface area contributed by atoms with Gasteiger partial charge in [0.15, 0.2) is 0 Å². The van der Waals surface area contributed by atoms with Crippen molar-refractivity contribution in [3.05, 3.63) is 52.7 Å². The molecule has 1 unspecified atom stereocenters. The van der Waals surface area contributed by atoms with Crippen molar-refractivity contribution in [2.45, 2.75) is 26.8 Å². The minimum atomic E-state index is 0.291. The first kappa shape index (κ1) is 14.8. The predicted octanol–water partition coefficient (Wildman–Crippen LogP) is 4.51. The fourth-order valence-electron chi connectivity index (χ4n) is 1.97. The van der Waals surface area contributed by atoms with Crippen molar-refractivity contribution in [3.63, 3.8) is 0 Å². The summed E-state index contributed by atoms with van der Waals surface area (Å²) in [6, 6.07) is 9.75. The summed E-state index contributed by atoms with van der Waals surface area (Å²) in [5, 5.41) is 4.06. The molecule has 2 rings (SSSR count). The number of rotatable bonds is 5. The van der Waals surface area contributed by atoms with Crippen LogP contribution < -0.4 is 10.1 Å². The molecule has 0 saturated heterocycles. The molecule has 0 radical (unpaired) electrons. The van der Waals surface area contributed by atoms with E-state index >= 15 is 0 Å². The summed E-state index contributed by atoms with van der Waals surface area (Å²) in [4.78, 5) is 4.35. The van der Waals surface area contributed by atoms with Crippen LogP contribution in [0.15, 0.2) is 36.5 Å². The fraction of sp³-hybridized carbons (Fsp3) is 0.312. The lowest BCUT2D eigenvalue weighted by Crippen LogP contribution is -2.17. The second kappa shape index (κ2) is 6.73. The van der Waals surface area contributed by atoms with Gasteiger partial charge in [-0.3, -0.25) is 0 Å². The number of benzene rings is 1.